The molecule has 0 fully saturated rings. The summed E-state index contributed by atoms with van der Waals surface area (Å²) in [6.07, 6.45) is 0.890. The summed E-state index contributed by atoms with van der Waals surface area (Å²) in [7, 11) is 3.71. The normalized spacial score (nSPS) is 15.2. The van der Waals surface area contributed by atoms with Crippen LogP contribution in [0.1, 0.15) is 26.6 Å². The molecule has 98 valence electrons. The molecule has 0 aliphatic heterocycles. The van der Waals surface area contributed by atoms with Crippen molar-refractivity contribution in [3.8, 4) is 0 Å². The van der Waals surface area contributed by atoms with E-state index in [4.69, 9.17) is 4.74 Å². The number of hydrogen-bond acceptors (Lipinski definition) is 5. The summed E-state index contributed by atoms with van der Waals surface area (Å²) in [4.78, 5) is 1.48. The van der Waals surface area contributed by atoms with E-state index in [1.807, 2.05) is 14.0 Å². The van der Waals surface area contributed by atoms with Crippen molar-refractivity contribution in [2.24, 2.45) is 13.0 Å². The molecular weight excluding hydrogens is 218 g/mol. The quantitative estimate of drug-likeness (QED) is 0.748. The maximum Gasteiger partial charge on any atom is 0.176 e. The zero-order chi connectivity index (χ0) is 12.8. The summed E-state index contributed by atoms with van der Waals surface area (Å²) >= 11 is 0. The van der Waals surface area contributed by atoms with Crippen LogP contribution in [0.2, 0.25) is 0 Å². The Morgan fingerprint density at radius 1 is 1.41 bits per heavy atom. The molecule has 0 aliphatic rings. The second-order valence-corrected chi connectivity index (χ2v) is 4.46. The molecule has 17 heavy (non-hydrogen) atoms. The fraction of sp³-hybridized carbons (Fsp3) is 0.909. The topological polar surface area (TPSA) is 64.9 Å². The standard InChI is InChI=1S/C11H23N5O/c1-6-17-11(8(2)3)9(12-4)7-10-13-15-16(5)14-10/h8-9,11-12H,6-7H2,1-5H3. The van der Waals surface area contributed by atoms with Gasteiger partial charge in [0.15, 0.2) is 5.82 Å². The van der Waals surface area contributed by atoms with Gasteiger partial charge in [0.05, 0.1) is 13.2 Å². The number of hydrogen-bond donors (Lipinski definition) is 1. The first-order valence-electron chi connectivity index (χ1n) is 6.10. The number of nitrogens with zero attached hydrogens (tertiary/aromatic N) is 4. The molecule has 0 aliphatic carbocycles. The van der Waals surface area contributed by atoms with Crippen LogP contribution in [0.5, 0.6) is 0 Å². The fourth-order valence-corrected chi connectivity index (χ4v) is 1.95. The first-order chi connectivity index (χ1) is 8.08. The van der Waals surface area contributed by atoms with Crippen LogP contribution in [0.15, 0.2) is 0 Å². The average Bonchev–Trinajstić information content (AvgIpc) is 2.68. The Morgan fingerprint density at radius 2 is 2.12 bits per heavy atom. The van der Waals surface area contributed by atoms with E-state index in [2.05, 4.69) is 34.6 Å². The van der Waals surface area contributed by atoms with Crippen LogP contribution in [-0.4, -0.2) is 46.0 Å². The van der Waals surface area contributed by atoms with Crippen molar-refractivity contribution in [3.05, 3.63) is 5.82 Å². The molecule has 6 nitrogen and oxygen atoms in total. The molecule has 0 bridgehead atoms. The highest BCUT2D eigenvalue weighted by Crippen LogP contribution is 2.13. The molecule has 0 radical (unpaired) electrons. The number of aryl methyl sites for hydroxylation is 1. The van der Waals surface area contributed by atoms with Crippen LogP contribution in [0.25, 0.3) is 0 Å². The minimum absolute atomic E-state index is 0.161. The molecule has 0 saturated heterocycles. The minimum atomic E-state index is 0.161. The smallest absolute Gasteiger partial charge is 0.176 e. The van der Waals surface area contributed by atoms with Crippen molar-refractivity contribution < 1.29 is 4.74 Å². The van der Waals surface area contributed by atoms with Gasteiger partial charge in [0.1, 0.15) is 0 Å². The van der Waals surface area contributed by atoms with Crippen molar-refractivity contribution in [3.63, 3.8) is 0 Å². The zero-order valence-electron chi connectivity index (χ0n) is 11.3. The largest absolute Gasteiger partial charge is 0.377 e. The van der Waals surface area contributed by atoms with Gasteiger partial charge in [0.25, 0.3) is 0 Å². The SMILES string of the molecule is CCOC(C(C)C)C(Cc1nnn(C)n1)NC. The predicted molar refractivity (Wildman–Crippen MR) is 65.6 cm³/mol. The molecule has 0 spiro atoms. The van der Waals surface area contributed by atoms with Crippen molar-refractivity contribution in [1.82, 2.24) is 25.5 Å². The summed E-state index contributed by atoms with van der Waals surface area (Å²) in [6, 6.07) is 0.208. The zero-order valence-corrected chi connectivity index (χ0v) is 11.3. The molecular formula is C11H23N5O. The van der Waals surface area contributed by atoms with Gasteiger partial charge in [-0.05, 0) is 25.1 Å². The second-order valence-electron chi connectivity index (χ2n) is 4.46. The number of ether oxygens (including phenoxy) is 1. The fourth-order valence-electron chi connectivity index (χ4n) is 1.95. The monoisotopic (exact) mass is 241 g/mol. The van der Waals surface area contributed by atoms with E-state index in [-0.39, 0.29) is 12.1 Å². The highest BCUT2D eigenvalue weighted by Gasteiger charge is 2.25. The third-order valence-corrected chi connectivity index (χ3v) is 2.74. The van der Waals surface area contributed by atoms with Gasteiger partial charge in [-0.2, -0.15) is 4.80 Å². The molecule has 0 saturated carbocycles. The molecule has 0 amide bonds. The molecule has 2 atom stereocenters. The van der Waals surface area contributed by atoms with Crippen LogP contribution in [0.4, 0.5) is 0 Å². The Balaban J connectivity index is 2.68. The van der Waals surface area contributed by atoms with E-state index in [1.54, 1.807) is 7.05 Å². The van der Waals surface area contributed by atoms with Crippen molar-refractivity contribution in [1.29, 1.82) is 0 Å². The number of nitrogens with one attached hydrogen (secondary N) is 1. The molecule has 1 N–H and O–H groups in total. The van der Waals surface area contributed by atoms with Crippen LogP contribution in [-0.2, 0) is 18.2 Å². The van der Waals surface area contributed by atoms with Gasteiger partial charge in [-0.3, -0.25) is 0 Å². The Morgan fingerprint density at radius 3 is 2.53 bits per heavy atom. The van der Waals surface area contributed by atoms with E-state index in [0.717, 1.165) is 18.9 Å². The summed E-state index contributed by atoms with van der Waals surface area (Å²) in [5.74, 6) is 1.20. The van der Waals surface area contributed by atoms with Gasteiger partial charge in [-0.25, -0.2) is 0 Å². The molecule has 1 heterocycles. The highest BCUT2D eigenvalue weighted by molar-refractivity contribution is 4.89. The molecule has 1 aromatic heterocycles. The van der Waals surface area contributed by atoms with E-state index >= 15 is 0 Å². The van der Waals surface area contributed by atoms with Crippen molar-refractivity contribution in [2.45, 2.75) is 39.3 Å². The van der Waals surface area contributed by atoms with Gasteiger partial charge in [-0.15, -0.1) is 10.2 Å². The lowest BCUT2D eigenvalue weighted by Crippen LogP contribution is -2.44. The lowest BCUT2D eigenvalue weighted by atomic mass is 9.97. The molecule has 6 heteroatoms. The molecule has 2 unspecified atom stereocenters. The van der Waals surface area contributed by atoms with Gasteiger partial charge >= 0.3 is 0 Å². The lowest BCUT2D eigenvalue weighted by Gasteiger charge is -2.29. The molecule has 1 rings (SSSR count). The first-order valence-corrected chi connectivity index (χ1v) is 6.10. The Hall–Kier alpha value is -1.01. The molecule has 1 aromatic rings. The lowest BCUT2D eigenvalue weighted by molar-refractivity contribution is 0.00490. The van der Waals surface area contributed by atoms with Gasteiger partial charge in [0.2, 0.25) is 0 Å². The van der Waals surface area contributed by atoms with Gasteiger partial charge in [0, 0.05) is 19.1 Å². The first kappa shape index (κ1) is 14.1. The average molecular weight is 241 g/mol. The third kappa shape index (κ3) is 4.05. The predicted octanol–water partition coefficient (Wildman–Crippen LogP) is 0.402. The number of rotatable bonds is 7. The Bertz CT molecular complexity index is 325. The Kier molecular flexibility index (Phi) is 5.50. The maximum absolute atomic E-state index is 5.79. The Labute approximate surface area is 103 Å². The van der Waals surface area contributed by atoms with E-state index in [0.29, 0.717) is 5.92 Å². The second kappa shape index (κ2) is 6.66. The van der Waals surface area contributed by atoms with Crippen molar-refractivity contribution >= 4 is 0 Å². The van der Waals surface area contributed by atoms with Crippen molar-refractivity contribution in [2.75, 3.05) is 13.7 Å². The molecule has 0 aromatic carbocycles. The van der Waals surface area contributed by atoms with Crippen LogP contribution in [0, 0.1) is 5.92 Å². The van der Waals surface area contributed by atoms with E-state index in [9.17, 15) is 0 Å². The van der Waals surface area contributed by atoms with E-state index < -0.39 is 0 Å². The summed E-state index contributed by atoms with van der Waals surface area (Å²) in [6.45, 7) is 7.06. The van der Waals surface area contributed by atoms with Crippen LogP contribution >= 0.6 is 0 Å². The summed E-state index contributed by atoms with van der Waals surface area (Å²) in [5, 5.41) is 15.3. The number of aromatic nitrogens is 4. The van der Waals surface area contributed by atoms with Crippen LogP contribution < -0.4 is 5.32 Å². The van der Waals surface area contributed by atoms with Crippen LogP contribution in [0.3, 0.4) is 0 Å². The number of tetrazole rings is 1. The summed E-state index contributed by atoms with van der Waals surface area (Å²) in [5.41, 5.74) is 0. The maximum atomic E-state index is 5.79. The van der Waals surface area contributed by atoms with E-state index in [1.165, 1.54) is 4.80 Å². The van der Waals surface area contributed by atoms with Gasteiger partial charge in [-0.1, -0.05) is 13.8 Å². The number of likely N-dealkylation sites (N-methyl/N-ethyl adjacent to an activating group) is 1. The third-order valence-electron chi connectivity index (χ3n) is 2.74. The highest BCUT2D eigenvalue weighted by atomic mass is 16.5. The minimum Gasteiger partial charge on any atom is -0.377 e. The summed E-state index contributed by atoms with van der Waals surface area (Å²) < 4.78 is 5.79. The van der Waals surface area contributed by atoms with Gasteiger partial charge < -0.3 is 10.1 Å².